The number of pyridine rings is 1. The van der Waals surface area contributed by atoms with Crippen LogP contribution in [0.2, 0.25) is 10.0 Å². The fourth-order valence-corrected chi connectivity index (χ4v) is 3.11. The summed E-state index contributed by atoms with van der Waals surface area (Å²) in [6.07, 6.45) is -2.53. The molecule has 0 unspecified atom stereocenters. The van der Waals surface area contributed by atoms with Crippen LogP contribution in [-0.2, 0) is 6.18 Å². The quantitative estimate of drug-likeness (QED) is 0.583. The molecule has 0 aliphatic rings. The molecule has 1 N–H and O–H groups in total. The Balaban J connectivity index is 2.01. The molecule has 0 bridgehead atoms. The normalized spacial score (nSPS) is 11.7. The zero-order valence-corrected chi connectivity index (χ0v) is 17.9. The molecule has 0 spiro atoms. The number of rotatable bonds is 5. The van der Waals surface area contributed by atoms with Gasteiger partial charge in [-0.3, -0.25) is 14.2 Å². The largest absolute Gasteiger partial charge is 0.434 e. The van der Waals surface area contributed by atoms with Gasteiger partial charge in [0.2, 0.25) is 0 Å². The van der Waals surface area contributed by atoms with E-state index in [4.69, 9.17) is 23.2 Å². The Morgan fingerprint density at radius 1 is 1.13 bits per heavy atom. The second-order valence-corrected chi connectivity index (χ2v) is 7.87. The van der Waals surface area contributed by atoms with Gasteiger partial charge < -0.3 is 5.32 Å². The van der Waals surface area contributed by atoms with Crippen molar-refractivity contribution in [2.24, 2.45) is 5.92 Å². The van der Waals surface area contributed by atoms with Crippen molar-refractivity contribution in [1.29, 1.82) is 0 Å². The van der Waals surface area contributed by atoms with Crippen LogP contribution in [0.5, 0.6) is 0 Å². The zero-order chi connectivity index (χ0) is 22.9. The van der Waals surface area contributed by atoms with Crippen molar-refractivity contribution in [2.45, 2.75) is 20.0 Å². The van der Waals surface area contributed by atoms with Crippen molar-refractivity contribution < 1.29 is 18.0 Å². The number of nitrogens with zero attached hydrogens (tertiary/aromatic N) is 3. The smallest absolute Gasteiger partial charge is 0.352 e. The maximum absolute atomic E-state index is 13.8. The summed E-state index contributed by atoms with van der Waals surface area (Å²) in [5.41, 5.74) is -1.90. The van der Waals surface area contributed by atoms with E-state index in [1.165, 1.54) is 41.1 Å². The minimum absolute atomic E-state index is 0.0621. The standard InChI is InChI=1S/C20H17Cl2F3N4O2/c1-11(2)9-26-18(30)14-10-27-29(17(14)20(23,24)25)13-5-3-12(4-6-13)28-8-7-15(21)16(22)19(28)31/h3-8,10-11H,9H2,1-2H3,(H,26,30). The SMILES string of the molecule is CC(C)CNC(=O)c1cnn(-c2ccc(-n3ccc(Cl)c(Cl)c3=O)cc2)c1C(F)(F)F. The summed E-state index contributed by atoms with van der Waals surface area (Å²) in [5, 5.41) is 6.17. The minimum atomic E-state index is -4.82. The van der Waals surface area contributed by atoms with Gasteiger partial charge in [0.25, 0.3) is 11.5 Å². The lowest BCUT2D eigenvalue weighted by Gasteiger charge is -2.14. The van der Waals surface area contributed by atoms with Crippen molar-refractivity contribution in [3.63, 3.8) is 0 Å². The number of carbonyl (C=O) groups excluding carboxylic acids is 1. The molecular formula is C20H17Cl2F3N4O2. The van der Waals surface area contributed by atoms with Crippen LogP contribution in [0.3, 0.4) is 0 Å². The van der Waals surface area contributed by atoms with Crippen molar-refractivity contribution >= 4 is 29.1 Å². The van der Waals surface area contributed by atoms with E-state index >= 15 is 0 Å². The average molecular weight is 473 g/mol. The van der Waals surface area contributed by atoms with Crippen LogP contribution >= 0.6 is 23.2 Å². The molecule has 164 valence electrons. The van der Waals surface area contributed by atoms with E-state index in [9.17, 15) is 22.8 Å². The Kier molecular flexibility index (Phi) is 6.47. The van der Waals surface area contributed by atoms with E-state index in [0.29, 0.717) is 10.4 Å². The maximum atomic E-state index is 13.8. The third kappa shape index (κ3) is 4.77. The van der Waals surface area contributed by atoms with Gasteiger partial charge in [-0.1, -0.05) is 37.0 Å². The number of halogens is 5. The second-order valence-electron chi connectivity index (χ2n) is 7.09. The fourth-order valence-electron chi connectivity index (χ4n) is 2.82. The molecule has 2 heterocycles. The molecule has 3 aromatic rings. The number of aromatic nitrogens is 3. The molecular weight excluding hydrogens is 456 g/mol. The number of carbonyl (C=O) groups is 1. The highest BCUT2D eigenvalue weighted by Crippen LogP contribution is 2.33. The van der Waals surface area contributed by atoms with Gasteiger partial charge in [0.15, 0.2) is 5.69 Å². The molecule has 0 saturated carbocycles. The summed E-state index contributed by atoms with van der Waals surface area (Å²) < 4.78 is 43.1. The number of hydrogen-bond donors (Lipinski definition) is 1. The molecule has 1 amide bonds. The van der Waals surface area contributed by atoms with E-state index in [2.05, 4.69) is 10.4 Å². The highest BCUT2D eigenvalue weighted by atomic mass is 35.5. The van der Waals surface area contributed by atoms with Crippen molar-refractivity contribution in [2.75, 3.05) is 6.54 Å². The molecule has 1 aromatic carbocycles. The fraction of sp³-hybridized carbons (Fsp3) is 0.250. The van der Waals surface area contributed by atoms with Crippen LogP contribution in [-0.4, -0.2) is 26.8 Å². The predicted molar refractivity (Wildman–Crippen MR) is 111 cm³/mol. The molecule has 2 aromatic heterocycles. The summed E-state index contributed by atoms with van der Waals surface area (Å²) in [6, 6.07) is 6.99. The third-order valence-corrected chi connectivity index (χ3v) is 5.09. The number of alkyl halides is 3. The van der Waals surface area contributed by atoms with Crippen LogP contribution in [0.15, 0.2) is 47.5 Å². The number of benzene rings is 1. The molecule has 0 aliphatic heterocycles. The first-order chi connectivity index (χ1) is 14.5. The molecule has 0 aliphatic carbocycles. The van der Waals surface area contributed by atoms with Gasteiger partial charge in [0.1, 0.15) is 5.02 Å². The van der Waals surface area contributed by atoms with E-state index in [1.807, 2.05) is 13.8 Å². The summed E-state index contributed by atoms with van der Waals surface area (Å²) in [4.78, 5) is 24.5. The highest BCUT2D eigenvalue weighted by Gasteiger charge is 2.40. The average Bonchev–Trinajstić information content (AvgIpc) is 3.16. The summed E-state index contributed by atoms with van der Waals surface area (Å²) in [7, 11) is 0. The lowest BCUT2D eigenvalue weighted by atomic mass is 10.2. The second kappa shape index (κ2) is 8.76. The third-order valence-electron chi connectivity index (χ3n) is 4.31. The van der Waals surface area contributed by atoms with E-state index in [0.717, 1.165) is 6.20 Å². The topological polar surface area (TPSA) is 68.9 Å². The molecule has 0 saturated heterocycles. The Labute approximate surface area is 185 Å². The van der Waals surface area contributed by atoms with Crippen LogP contribution in [0, 0.1) is 5.92 Å². The monoisotopic (exact) mass is 472 g/mol. The Hall–Kier alpha value is -2.78. The van der Waals surface area contributed by atoms with Crippen molar-refractivity contribution in [3.05, 3.63) is 74.4 Å². The number of nitrogens with one attached hydrogen (secondary N) is 1. The van der Waals surface area contributed by atoms with Gasteiger partial charge in [-0.25, -0.2) is 4.68 Å². The molecule has 6 nitrogen and oxygen atoms in total. The predicted octanol–water partition coefficient (Wildman–Crippen LogP) is 4.73. The van der Waals surface area contributed by atoms with Crippen LogP contribution in [0.4, 0.5) is 13.2 Å². The lowest BCUT2D eigenvalue weighted by molar-refractivity contribution is -0.143. The molecule has 0 fully saturated rings. The first-order valence-corrected chi connectivity index (χ1v) is 9.87. The molecule has 11 heteroatoms. The van der Waals surface area contributed by atoms with Gasteiger partial charge in [-0.15, -0.1) is 0 Å². The summed E-state index contributed by atoms with van der Waals surface area (Å²) >= 11 is 11.7. The van der Waals surface area contributed by atoms with Gasteiger partial charge in [-0.05, 0) is 36.2 Å². The Morgan fingerprint density at radius 2 is 1.74 bits per heavy atom. The van der Waals surface area contributed by atoms with Crippen LogP contribution in [0.25, 0.3) is 11.4 Å². The first kappa shape index (κ1) is 22.9. The van der Waals surface area contributed by atoms with Gasteiger partial charge in [0, 0.05) is 18.4 Å². The summed E-state index contributed by atoms with van der Waals surface area (Å²) in [6.45, 7) is 3.89. The molecule has 0 radical (unpaired) electrons. The van der Waals surface area contributed by atoms with E-state index in [1.54, 1.807) is 0 Å². The van der Waals surface area contributed by atoms with Gasteiger partial charge >= 0.3 is 6.18 Å². The minimum Gasteiger partial charge on any atom is -0.352 e. The first-order valence-electron chi connectivity index (χ1n) is 9.11. The highest BCUT2D eigenvalue weighted by molar-refractivity contribution is 6.41. The lowest BCUT2D eigenvalue weighted by Crippen LogP contribution is -2.29. The van der Waals surface area contributed by atoms with E-state index in [-0.39, 0.29) is 28.2 Å². The molecule has 3 rings (SSSR count). The van der Waals surface area contributed by atoms with Crippen molar-refractivity contribution in [3.8, 4) is 11.4 Å². The van der Waals surface area contributed by atoms with Gasteiger partial charge in [0.05, 0.1) is 22.5 Å². The Bertz CT molecular complexity index is 1170. The maximum Gasteiger partial charge on any atom is 0.434 e. The summed E-state index contributed by atoms with van der Waals surface area (Å²) in [5.74, 6) is -0.781. The molecule has 31 heavy (non-hydrogen) atoms. The van der Waals surface area contributed by atoms with Crippen LogP contribution < -0.4 is 10.9 Å². The molecule has 0 atom stereocenters. The van der Waals surface area contributed by atoms with Crippen molar-refractivity contribution in [1.82, 2.24) is 19.7 Å². The van der Waals surface area contributed by atoms with E-state index < -0.39 is 28.9 Å². The zero-order valence-electron chi connectivity index (χ0n) is 16.4. The Morgan fingerprint density at radius 3 is 2.32 bits per heavy atom. The van der Waals surface area contributed by atoms with Gasteiger partial charge in [-0.2, -0.15) is 18.3 Å². The number of amides is 1. The van der Waals surface area contributed by atoms with Crippen LogP contribution in [0.1, 0.15) is 29.9 Å². The number of hydrogen-bond acceptors (Lipinski definition) is 3.